The van der Waals surface area contributed by atoms with Crippen LogP contribution in [0.1, 0.15) is 11.7 Å². The fourth-order valence-corrected chi connectivity index (χ4v) is 3.32. The second-order valence-electron chi connectivity index (χ2n) is 6.43. The van der Waals surface area contributed by atoms with E-state index in [2.05, 4.69) is 9.88 Å². The Bertz CT molecular complexity index is 989. The Kier molecular flexibility index (Phi) is 4.92. The minimum Gasteiger partial charge on any atom is -0.370 e. The molecule has 0 aliphatic carbocycles. The third-order valence-electron chi connectivity index (χ3n) is 4.68. The van der Waals surface area contributed by atoms with Gasteiger partial charge in [0.2, 0.25) is 5.95 Å². The topological polar surface area (TPSA) is 60.2 Å². The van der Waals surface area contributed by atoms with Crippen molar-refractivity contribution in [3.8, 4) is 11.3 Å². The molecule has 2 aromatic heterocycles. The molecule has 1 atom stereocenters. The molecule has 27 heavy (non-hydrogen) atoms. The lowest BCUT2D eigenvalue weighted by atomic mass is 10.1. The van der Waals surface area contributed by atoms with Crippen LogP contribution in [0.5, 0.6) is 0 Å². The predicted molar refractivity (Wildman–Crippen MR) is 105 cm³/mol. The molecule has 1 unspecified atom stereocenters. The third kappa shape index (κ3) is 3.72. The lowest BCUT2D eigenvalue weighted by Crippen LogP contribution is -2.41. The summed E-state index contributed by atoms with van der Waals surface area (Å²) in [7, 11) is 1.74. The minimum absolute atomic E-state index is 0.0960. The Labute approximate surface area is 162 Å². The van der Waals surface area contributed by atoms with Crippen LogP contribution in [-0.4, -0.2) is 34.2 Å². The van der Waals surface area contributed by atoms with Gasteiger partial charge in [-0.3, -0.25) is 14.3 Å². The maximum Gasteiger partial charge on any atom is 0.255 e. The summed E-state index contributed by atoms with van der Waals surface area (Å²) in [5.74, 6) is 0.636. The molecule has 0 bridgehead atoms. The molecule has 0 radical (unpaired) electrons. The lowest BCUT2D eigenvalue weighted by Gasteiger charge is -2.34. The molecule has 7 heteroatoms. The fourth-order valence-electron chi connectivity index (χ4n) is 3.19. The Balaban J connectivity index is 1.67. The first kappa shape index (κ1) is 17.7. The molecule has 0 N–H and O–H groups in total. The predicted octanol–water partition coefficient (Wildman–Crippen LogP) is 3.07. The summed E-state index contributed by atoms with van der Waals surface area (Å²) in [6.45, 7) is 1.84. The van der Waals surface area contributed by atoms with Crippen molar-refractivity contribution in [2.75, 3.05) is 24.6 Å². The first-order valence-corrected chi connectivity index (χ1v) is 9.10. The Morgan fingerprint density at radius 2 is 1.89 bits per heavy atom. The highest BCUT2D eigenvalue weighted by Crippen LogP contribution is 2.26. The summed E-state index contributed by atoms with van der Waals surface area (Å²) in [6.07, 6.45) is 3.29. The van der Waals surface area contributed by atoms with Crippen LogP contribution in [0, 0.1) is 0 Å². The highest BCUT2D eigenvalue weighted by molar-refractivity contribution is 6.30. The van der Waals surface area contributed by atoms with E-state index in [1.807, 2.05) is 36.4 Å². The van der Waals surface area contributed by atoms with Gasteiger partial charge in [0.1, 0.15) is 6.10 Å². The van der Waals surface area contributed by atoms with Crippen LogP contribution in [-0.2, 0) is 11.8 Å². The molecular weight excluding hydrogens is 364 g/mol. The summed E-state index contributed by atoms with van der Waals surface area (Å²) in [4.78, 5) is 23.4. The summed E-state index contributed by atoms with van der Waals surface area (Å²) in [6, 6.07) is 12.9. The zero-order valence-electron chi connectivity index (χ0n) is 14.9. The number of halogens is 1. The van der Waals surface area contributed by atoms with Crippen LogP contribution in [0.2, 0.25) is 5.02 Å². The second-order valence-corrected chi connectivity index (χ2v) is 6.87. The van der Waals surface area contributed by atoms with Crippen molar-refractivity contribution >= 4 is 17.5 Å². The van der Waals surface area contributed by atoms with Gasteiger partial charge in [-0.05, 0) is 29.8 Å². The largest absolute Gasteiger partial charge is 0.370 e. The minimum atomic E-state index is -0.0995. The summed E-state index contributed by atoms with van der Waals surface area (Å²) in [5, 5.41) is 0.695. The van der Waals surface area contributed by atoms with Crippen molar-refractivity contribution in [3.63, 3.8) is 0 Å². The van der Waals surface area contributed by atoms with E-state index in [1.165, 1.54) is 0 Å². The highest BCUT2D eigenvalue weighted by atomic mass is 35.5. The van der Waals surface area contributed by atoms with E-state index in [-0.39, 0.29) is 11.7 Å². The van der Waals surface area contributed by atoms with Crippen molar-refractivity contribution in [3.05, 3.63) is 75.8 Å². The van der Waals surface area contributed by atoms with Gasteiger partial charge in [-0.1, -0.05) is 23.7 Å². The van der Waals surface area contributed by atoms with Crippen LogP contribution >= 0.6 is 11.6 Å². The van der Waals surface area contributed by atoms with Crippen molar-refractivity contribution < 1.29 is 4.74 Å². The second kappa shape index (κ2) is 7.50. The van der Waals surface area contributed by atoms with E-state index in [4.69, 9.17) is 21.3 Å². The number of ether oxygens (including phenoxy) is 1. The summed E-state index contributed by atoms with van der Waals surface area (Å²) in [5.41, 5.74) is 2.47. The first-order valence-electron chi connectivity index (χ1n) is 8.72. The number of benzene rings is 1. The smallest absolute Gasteiger partial charge is 0.255 e. The number of aromatic nitrogens is 3. The molecule has 6 nitrogen and oxygen atoms in total. The van der Waals surface area contributed by atoms with Crippen LogP contribution in [0.15, 0.2) is 59.7 Å². The molecule has 1 aromatic carbocycles. The van der Waals surface area contributed by atoms with Crippen molar-refractivity contribution in [2.24, 2.45) is 7.05 Å². The van der Waals surface area contributed by atoms with Gasteiger partial charge in [0.25, 0.3) is 5.56 Å². The van der Waals surface area contributed by atoms with E-state index in [0.717, 1.165) is 11.1 Å². The van der Waals surface area contributed by atoms with Gasteiger partial charge in [-0.25, -0.2) is 4.98 Å². The van der Waals surface area contributed by atoms with Crippen LogP contribution < -0.4 is 10.5 Å². The molecule has 3 aromatic rings. The monoisotopic (exact) mass is 382 g/mol. The molecule has 0 saturated carbocycles. The Morgan fingerprint density at radius 1 is 1.15 bits per heavy atom. The number of hydrogen-bond acceptors (Lipinski definition) is 5. The van der Waals surface area contributed by atoms with Crippen molar-refractivity contribution in [1.82, 2.24) is 14.5 Å². The van der Waals surface area contributed by atoms with E-state index in [1.54, 1.807) is 30.1 Å². The van der Waals surface area contributed by atoms with Crippen LogP contribution in [0.4, 0.5) is 5.95 Å². The SMILES string of the molecule is Cn1c(N2CCOC(c3ccc(Cl)cc3)C2)nc(-c2ccncc2)cc1=O. The van der Waals surface area contributed by atoms with E-state index < -0.39 is 0 Å². The van der Waals surface area contributed by atoms with Gasteiger partial charge in [-0.15, -0.1) is 0 Å². The Hall–Kier alpha value is -2.70. The quantitative estimate of drug-likeness (QED) is 0.696. The Morgan fingerprint density at radius 3 is 2.63 bits per heavy atom. The summed E-state index contributed by atoms with van der Waals surface area (Å²) < 4.78 is 7.51. The maximum absolute atomic E-state index is 12.5. The number of morpholine rings is 1. The molecule has 1 fully saturated rings. The van der Waals surface area contributed by atoms with Gasteiger partial charge in [0.15, 0.2) is 0 Å². The van der Waals surface area contributed by atoms with Gasteiger partial charge < -0.3 is 9.64 Å². The molecule has 4 rings (SSSR count). The number of nitrogens with zero attached hydrogens (tertiary/aromatic N) is 4. The highest BCUT2D eigenvalue weighted by Gasteiger charge is 2.25. The van der Waals surface area contributed by atoms with Crippen LogP contribution in [0.3, 0.4) is 0 Å². The molecular formula is C20H19ClN4O2. The average Bonchev–Trinajstić information content (AvgIpc) is 2.71. The van der Waals surface area contributed by atoms with Gasteiger partial charge in [-0.2, -0.15) is 0 Å². The van der Waals surface area contributed by atoms with Crippen molar-refractivity contribution in [1.29, 1.82) is 0 Å². The molecule has 0 amide bonds. The number of pyridine rings is 1. The van der Waals surface area contributed by atoms with Crippen molar-refractivity contribution in [2.45, 2.75) is 6.10 Å². The third-order valence-corrected chi connectivity index (χ3v) is 4.93. The molecule has 3 heterocycles. The fraction of sp³-hybridized carbons (Fsp3) is 0.250. The maximum atomic E-state index is 12.5. The van der Waals surface area contributed by atoms with Gasteiger partial charge in [0.05, 0.1) is 18.8 Å². The molecule has 138 valence electrons. The summed E-state index contributed by atoms with van der Waals surface area (Å²) >= 11 is 5.99. The molecule has 0 spiro atoms. The molecule has 1 aliphatic heterocycles. The van der Waals surface area contributed by atoms with E-state index >= 15 is 0 Å². The zero-order chi connectivity index (χ0) is 18.8. The zero-order valence-corrected chi connectivity index (χ0v) is 15.6. The van der Waals surface area contributed by atoms with E-state index in [0.29, 0.717) is 36.4 Å². The molecule has 1 aliphatic rings. The normalized spacial score (nSPS) is 17.1. The number of hydrogen-bond donors (Lipinski definition) is 0. The average molecular weight is 383 g/mol. The van der Waals surface area contributed by atoms with Crippen LogP contribution in [0.25, 0.3) is 11.3 Å². The lowest BCUT2D eigenvalue weighted by molar-refractivity contribution is 0.0390. The number of anilines is 1. The first-order chi connectivity index (χ1) is 13.1. The number of rotatable bonds is 3. The molecule has 1 saturated heterocycles. The van der Waals surface area contributed by atoms with Gasteiger partial charge in [0, 0.05) is 42.6 Å². The van der Waals surface area contributed by atoms with E-state index in [9.17, 15) is 4.79 Å². The van der Waals surface area contributed by atoms with Gasteiger partial charge >= 0.3 is 0 Å². The standard InChI is InChI=1S/C20H19ClN4O2/c1-24-19(26)12-17(14-6-8-22-9-7-14)23-20(24)25-10-11-27-18(13-25)15-2-4-16(21)5-3-15/h2-9,12,18H,10-11,13H2,1H3.